The quantitative estimate of drug-likeness (QED) is 0.290. The summed E-state index contributed by atoms with van der Waals surface area (Å²) < 4.78 is 5.33. The number of hydrogen-bond donors (Lipinski definition) is 3. The second kappa shape index (κ2) is 13.2. The van der Waals surface area contributed by atoms with E-state index in [-0.39, 0.29) is 29.9 Å². The molecule has 2 aromatic rings. The summed E-state index contributed by atoms with van der Waals surface area (Å²) in [6.45, 7) is 6.77. The number of carbonyl (C=O) groups is 1. The first-order valence-electron chi connectivity index (χ1n) is 9.14. The number of halogens is 1. The predicted octanol–water partition coefficient (Wildman–Crippen LogP) is 3.34. The van der Waals surface area contributed by atoms with Crippen molar-refractivity contribution >= 4 is 35.8 Å². The number of nitrogens with one attached hydrogen (secondary N) is 3. The Hall–Kier alpha value is -2.03. The number of amides is 1. The van der Waals surface area contributed by atoms with Gasteiger partial charge in [-0.3, -0.25) is 4.79 Å². The Morgan fingerprint density at radius 1 is 1.07 bits per heavy atom. The number of furan rings is 1. The number of guanidine groups is 1. The lowest BCUT2D eigenvalue weighted by molar-refractivity contribution is 0.0953. The summed E-state index contributed by atoms with van der Waals surface area (Å²) in [4.78, 5) is 16.7. The number of hydrogen-bond acceptors (Lipinski definition) is 3. The fourth-order valence-electron chi connectivity index (χ4n) is 2.42. The summed E-state index contributed by atoms with van der Waals surface area (Å²) in [5, 5.41) is 9.42. The Balaban J connectivity index is 0.00000364. The van der Waals surface area contributed by atoms with Crippen LogP contribution in [-0.4, -0.2) is 31.5 Å². The van der Waals surface area contributed by atoms with Crippen LogP contribution in [0.3, 0.4) is 0 Å². The van der Waals surface area contributed by atoms with Crippen LogP contribution in [0.25, 0.3) is 0 Å². The maximum absolute atomic E-state index is 12.1. The summed E-state index contributed by atoms with van der Waals surface area (Å²) in [5.74, 6) is 1.65. The molecule has 0 saturated heterocycles. The number of nitrogens with zero attached hydrogens (tertiary/aromatic N) is 1. The van der Waals surface area contributed by atoms with Gasteiger partial charge in [0.05, 0.1) is 12.8 Å². The number of benzene rings is 1. The summed E-state index contributed by atoms with van der Waals surface area (Å²) in [7, 11) is 0. The highest BCUT2D eigenvalue weighted by Crippen LogP contribution is 2.07. The van der Waals surface area contributed by atoms with E-state index in [4.69, 9.17) is 4.42 Å². The zero-order chi connectivity index (χ0) is 18.6. The molecule has 0 spiro atoms. The molecule has 1 aromatic heterocycles. The first kappa shape index (κ1) is 23.0. The highest BCUT2D eigenvalue weighted by molar-refractivity contribution is 14.0. The maximum Gasteiger partial charge on any atom is 0.251 e. The molecule has 6 nitrogen and oxygen atoms in total. The molecule has 1 heterocycles. The minimum atomic E-state index is -0.0406. The van der Waals surface area contributed by atoms with Crippen LogP contribution in [0.15, 0.2) is 52.1 Å². The minimum Gasteiger partial charge on any atom is -0.469 e. The van der Waals surface area contributed by atoms with Gasteiger partial charge >= 0.3 is 0 Å². The van der Waals surface area contributed by atoms with Crippen LogP contribution in [0.1, 0.15) is 41.9 Å². The normalized spacial score (nSPS) is 10.8. The van der Waals surface area contributed by atoms with E-state index < -0.39 is 0 Å². The van der Waals surface area contributed by atoms with Crippen molar-refractivity contribution in [2.75, 3.05) is 19.6 Å². The molecule has 7 heteroatoms. The number of aliphatic imine (C=N–C) groups is 1. The van der Waals surface area contributed by atoms with Gasteiger partial charge in [-0.15, -0.1) is 24.0 Å². The van der Waals surface area contributed by atoms with Crippen LogP contribution in [-0.2, 0) is 13.0 Å². The fourth-order valence-corrected chi connectivity index (χ4v) is 2.42. The topological polar surface area (TPSA) is 78.7 Å². The SMILES string of the molecule is CCCNC(=O)c1cccc(CN=C(NCC)NCCc2ccco2)c1.I. The van der Waals surface area contributed by atoms with Gasteiger partial charge in [0.1, 0.15) is 5.76 Å². The Labute approximate surface area is 178 Å². The van der Waals surface area contributed by atoms with Gasteiger partial charge in [-0.2, -0.15) is 0 Å². The van der Waals surface area contributed by atoms with E-state index in [0.29, 0.717) is 18.7 Å². The van der Waals surface area contributed by atoms with Crippen LogP contribution >= 0.6 is 24.0 Å². The van der Waals surface area contributed by atoms with Crippen molar-refractivity contribution < 1.29 is 9.21 Å². The van der Waals surface area contributed by atoms with Crippen LogP contribution in [0, 0.1) is 0 Å². The Morgan fingerprint density at radius 2 is 1.93 bits per heavy atom. The summed E-state index contributed by atoms with van der Waals surface area (Å²) in [6, 6.07) is 11.4. The number of rotatable bonds is 9. The van der Waals surface area contributed by atoms with E-state index in [2.05, 4.69) is 20.9 Å². The van der Waals surface area contributed by atoms with E-state index in [0.717, 1.165) is 43.2 Å². The molecule has 0 atom stereocenters. The third-order valence-electron chi connectivity index (χ3n) is 3.73. The molecule has 0 aliphatic heterocycles. The fraction of sp³-hybridized carbons (Fsp3) is 0.400. The number of carbonyl (C=O) groups excluding carboxylic acids is 1. The second-order valence-electron chi connectivity index (χ2n) is 5.91. The molecule has 0 unspecified atom stereocenters. The Morgan fingerprint density at radius 3 is 2.63 bits per heavy atom. The molecular weight excluding hydrogens is 455 g/mol. The Bertz CT molecular complexity index is 702. The molecule has 0 fully saturated rings. The van der Waals surface area contributed by atoms with Crippen molar-refractivity contribution in [3.05, 3.63) is 59.5 Å². The van der Waals surface area contributed by atoms with E-state index in [9.17, 15) is 4.79 Å². The van der Waals surface area contributed by atoms with Crippen LogP contribution < -0.4 is 16.0 Å². The van der Waals surface area contributed by atoms with Gasteiger partial charge < -0.3 is 20.4 Å². The smallest absolute Gasteiger partial charge is 0.251 e. The molecule has 1 amide bonds. The molecular formula is C20H29IN4O2. The second-order valence-corrected chi connectivity index (χ2v) is 5.91. The highest BCUT2D eigenvalue weighted by atomic mass is 127. The standard InChI is InChI=1S/C20H28N4O2.HI/c1-3-11-22-19(25)17-8-5-7-16(14-17)15-24-20(21-4-2)23-12-10-18-9-6-13-26-18;/h5-9,13-14H,3-4,10-12,15H2,1-2H3,(H,22,25)(H2,21,23,24);1H. The van der Waals surface area contributed by atoms with Crippen molar-refractivity contribution in [3.8, 4) is 0 Å². The van der Waals surface area contributed by atoms with E-state index in [1.807, 2.05) is 50.2 Å². The highest BCUT2D eigenvalue weighted by Gasteiger charge is 2.05. The van der Waals surface area contributed by atoms with Crippen molar-refractivity contribution in [1.82, 2.24) is 16.0 Å². The van der Waals surface area contributed by atoms with Gasteiger partial charge in [0.2, 0.25) is 0 Å². The van der Waals surface area contributed by atoms with Gasteiger partial charge in [0.15, 0.2) is 5.96 Å². The van der Waals surface area contributed by atoms with Crippen molar-refractivity contribution in [1.29, 1.82) is 0 Å². The predicted molar refractivity (Wildman–Crippen MR) is 120 cm³/mol. The van der Waals surface area contributed by atoms with Crippen LogP contribution in [0.5, 0.6) is 0 Å². The van der Waals surface area contributed by atoms with Gasteiger partial charge in [0.25, 0.3) is 5.91 Å². The maximum atomic E-state index is 12.1. The zero-order valence-electron chi connectivity index (χ0n) is 16.0. The van der Waals surface area contributed by atoms with E-state index >= 15 is 0 Å². The first-order chi connectivity index (χ1) is 12.7. The van der Waals surface area contributed by atoms with E-state index in [1.54, 1.807) is 6.26 Å². The molecule has 0 radical (unpaired) electrons. The molecule has 0 bridgehead atoms. The van der Waals surface area contributed by atoms with Crippen LogP contribution in [0.2, 0.25) is 0 Å². The largest absolute Gasteiger partial charge is 0.469 e. The average molecular weight is 484 g/mol. The molecule has 148 valence electrons. The zero-order valence-corrected chi connectivity index (χ0v) is 18.3. The molecule has 1 aromatic carbocycles. The van der Waals surface area contributed by atoms with Crippen molar-refractivity contribution in [3.63, 3.8) is 0 Å². The van der Waals surface area contributed by atoms with Gasteiger partial charge in [-0.25, -0.2) is 4.99 Å². The lowest BCUT2D eigenvalue weighted by Crippen LogP contribution is -2.38. The monoisotopic (exact) mass is 484 g/mol. The van der Waals surface area contributed by atoms with Gasteiger partial charge in [-0.1, -0.05) is 19.1 Å². The van der Waals surface area contributed by atoms with E-state index in [1.165, 1.54) is 0 Å². The Kier molecular flexibility index (Phi) is 11.2. The molecule has 0 aliphatic rings. The molecule has 0 saturated carbocycles. The third-order valence-corrected chi connectivity index (χ3v) is 3.73. The van der Waals surface area contributed by atoms with Crippen LogP contribution in [0.4, 0.5) is 0 Å². The molecule has 2 rings (SSSR count). The van der Waals surface area contributed by atoms with Crippen molar-refractivity contribution in [2.24, 2.45) is 4.99 Å². The minimum absolute atomic E-state index is 0. The van der Waals surface area contributed by atoms with Crippen molar-refractivity contribution in [2.45, 2.75) is 33.2 Å². The summed E-state index contributed by atoms with van der Waals surface area (Å²) in [5.41, 5.74) is 1.67. The first-order valence-corrected chi connectivity index (χ1v) is 9.14. The molecule has 27 heavy (non-hydrogen) atoms. The summed E-state index contributed by atoms with van der Waals surface area (Å²) in [6.07, 6.45) is 3.40. The van der Waals surface area contributed by atoms with Gasteiger partial charge in [0, 0.05) is 31.6 Å². The average Bonchev–Trinajstić information content (AvgIpc) is 3.18. The third kappa shape index (κ3) is 8.47. The molecule has 3 N–H and O–H groups in total. The van der Waals surface area contributed by atoms with Gasteiger partial charge in [-0.05, 0) is 43.2 Å². The molecule has 0 aliphatic carbocycles. The summed E-state index contributed by atoms with van der Waals surface area (Å²) >= 11 is 0. The lowest BCUT2D eigenvalue weighted by Gasteiger charge is -2.11. The lowest BCUT2D eigenvalue weighted by atomic mass is 10.1.